The van der Waals surface area contributed by atoms with E-state index in [1.54, 1.807) is 18.4 Å². The number of nitrogens with zero attached hydrogens (tertiary/aromatic N) is 2. The van der Waals surface area contributed by atoms with Crippen LogP contribution in [0.2, 0.25) is 0 Å². The quantitative estimate of drug-likeness (QED) is 0.832. The number of hydrogen-bond acceptors (Lipinski definition) is 4. The van der Waals surface area contributed by atoms with E-state index >= 15 is 0 Å². The summed E-state index contributed by atoms with van der Waals surface area (Å²) in [7, 11) is 3.79. The highest BCUT2D eigenvalue weighted by molar-refractivity contribution is 7.13. The van der Waals surface area contributed by atoms with Crippen molar-refractivity contribution in [3.8, 4) is 5.75 Å². The fraction of sp³-hybridized carbons (Fsp3) is 0.400. The Balaban J connectivity index is 1.66. The minimum Gasteiger partial charge on any atom is -0.497 e. The lowest BCUT2D eigenvalue weighted by molar-refractivity contribution is 0.414. The second kappa shape index (κ2) is 5.21. The van der Waals surface area contributed by atoms with Gasteiger partial charge in [-0.2, -0.15) is 0 Å². The number of thiazole rings is 1. The smallest absolute Gasteiger partial charge is 0.185 e. The van der Waals surface area contributed by atoms with E-state index in [9.17, 15) is 0 Å². The van der Waals surface area contributed by atoms with Gasteiger partial charge in [0.05, 0.1) is 12.8 Å². The molecule has 3 rings (SSSR count). The molecule has 3 nitrogen and oxygen atoms in total. The van der Waals surface area contributed by atoms with Gasteiger partial charge < -0.3 is 9.64 Å². The van der Waals surface area contributed by atoms with E-state index in [1.165, 1.54) is 24.1 Å². The van der Waals surface area contributed by atoms with Crippen LogP contribution in [0.25, 0.3) is 0 Å². The molecule has 2 aromatic rings. The van der Waals surface area contributed by atoms with Crippen molar-refractivity contribution in [2.45, 2.75) is 25.3 Å². The molecule has 0 atom stereocenters. The van der Waals surface area contributed by atoms with Gasteiger partial charge in [0.15, 0.2) is 5.13 Å². The molecule has 19 heavy (non-hydrogen) atoms. The second-order valence-corrected chi connectivity index (χ2v) is 5.87. The lowest BCUT2D eigenvalue weighted by atomic mass is 10.2. The monoisotopic (exact) mass is 274 g/mol. The molecular weight excluding hydrogens is 256 g/mol. The highest BCUT2D eigenvalue weighted by Crippen LogP contribution is 2.41. The van der Waals surface area contributed by atoms with Crippen molar-refractivity contribution in [1.29, 1.82) is 0 Å². The van der Waals surface area contributed by atoms with Gasteiger partial charge in [0.2, 0.25) is 0 Å². The zero-order valence-corrected chi connectivity index (χ0v) is 12.1. The number of methoxy groups -OCH3 is 1. The predicted molar refractivity (Wildman–Crippen MR) is 79.2 cm³/mol. The largest absolute Gasteiger partial charge is 0.497 e. The van der Waals surface area contributed by atoms with Crippen LogP contribution in [0.1, 0.15) is 30.0 Å². The summed E-state index contributed by atoms with van der Waals surface area (Å²) in [4.78, 5) is 6.93. The number of benzene rings is 1. The van der Waals surface area contributed by atoms with Gasteiger partial charge in [-0.25, -0.2) is 4.98 Å². The molecule has 1 heterocycles. The summed E-state index contributed by atoms with van der Waals surface area (Å²) in [5.74, 6) is 1.64. The van der Waals surface area contributed by atoms with Crippen molar-refractivity contribution in [2.75, 3.05) is 19.1 Å². The van der Waals surface area contributed by atoms with E-state index in [-0.39, 0.29) is 0 Å². The highest BCUT2D eigenvalue weighted by atomic mass is 32.1. The minimum atomic E-state index is 0.736. The Morgan fingerprint density at radius 3 is 2.68 bits per heavy atom. The van der Waals surface area contributed by atoms with E-state index in [4.69, 9.17) is 9.72 Å². The second-order valence-electron chi connectivity index (χ2n) is 5.03. The van der Waals surface area contributed by atoms with Crippen molar-refractivity contribution in [3.63, 3.8) is 0 Å². The van der Waals surface area contributed by atoms with Crippen LogP contribution in [-0.2, 0) is 6.54 Å². The molecule has 1 aliphatic rings. The number of aromatic nitrogens is 1. The van der Waals surface area contributed by atoms with Crippen LogP contribution in [0.3, 0.4) is 0 Å². The molecule has 0 radical (unpaired) electrons. The summed E-state index contributed by atoms with van der Waals surface area (Å²) in [5, 5.41) is 3.31. The van der Waals surface area contributed by atoms with Crippen LogP contribution in [0.4, 0.5) is 5.13 Å². The molecule has 1 saturated carbocycles. The van der Waals surface area contributed by atoms with Gasteiger partial charge in [0, 0.05) is 24.9 Å². The Morgan fingerprint density at radius 2 is 2.05 bits per heavy atom. The topological polar surface area (TPSA) is 25.4 Å². The van der Waals surface area contributed by atoms with E-state index in [1.807, 2.05) is 12.1 Å². The molecule has 0 N–H and O–H groups in total. The Morgan fingerprint density at radius 1 is 1.32 bits per heavy atom. The van der Waals surface area contributed by atoms with Crippen LogP contribution >= 0.6 is 11.3 Å². The zero-order chi connectivity index (χ0) is 13.2. The van der Waals surface area contributed by atoms with Gasteiger partial charge in [-0.3, -0.25) is 0 Å². The van der Waals surface area contributed by atoms with E-state index < -0.39 is 0 Å². The first kappa shape index (κ1) is 12.5. The summed E-state index contributed by atoms with van der Waals surface area (Å²) in [5.41, 5.74) is 2.55. The van der Waals surface area contributed by atoms with Crippen LogP contribution in [0, 0.1) is 0 Å². The van der Waals surface area contributed by atoms with Crippen molar-refractivity contribution < 1.29 is 4.74 Å². The van der Waals surface area contributed by atoms with Gasteiger partial charge >= 0.3 is 0 Å². The maximum atomic E-state index is 5.17. The molecule has 0 amide bonds. The van der Waals surface area contributed by atoms with Crippen LogP contribution in [-0.4, -0.2) is 19.1 Å². The average molecular weight is 274 g/mol. The molecule has 4 heteroatoms. The van der Waals surface area contributed by atoms with Crippen molar-refractivity contribution >= 4 is 16.5 Å². The standard InChI is InChI=1S/C15H18N2OS/c1-17(9-11-3-7-13(18-2)8-4-11)15-16-14(10-19-15)12-5-6-12/h3-4,7-8,10,12H,5-6,9H2,1-2H3. The fourth-order valence-electron chi connectivity index (χ4n) is 2.09. The first-order valence-electron chi connectivity index (χ1n) is 6.56. The Bertz CT molecular complexity index is 546. The zero-order valence-electron chi connectivity index (χ0n) is 11.3. The lowest BCUT2D eigenvalue weighted by Crippen LogP contribution is -2.16. The van der Waals surface area contributed by atoms with Gasteiger partial charge in [-0.1, -0.05) is 12.1 Å². The molecule has 0 unspecified atom stereocenters. The summed E-state index contributed by atoms with van der Waals surface area (Å²) >= 11 is 1.74. The summed E-state index contributed by atoms with van der Waals surface area (Å²) < 4.78 is 5.17. The summed E-state index contributed by atoms with van der Waals surface area (Å²) in [6.07, 6.45) is 2.62. The summed E-state index contributed by atoms with van der Waals surface area (Å²) in [6.45, 7) is 0.877. The predicted octanol–water partition coefficient (Wildman–Crippen LogP) is 3.67. The molecular formula is C15H18N2OS. The first-order valence-corrected chi connectivity index (χ1v) is 7.43. The number of ether oxygens (including phenoxy) is 1. The maximum absolute atomic E-state index is 5.17. The third-order valence-electron chi connectivity index (χ3n) is 3.41. The third-order valence-corrected chi connectivity index (χ3v) is 4.38. The van der Waals surface area contributed by atoms with Gasteiger partial charge in [0.25, 0.3) is 0 Å². The van der Waals surface area contributed by atoms with E-state index in [0.717, 1.165) is 23.3 Å². The van der Waals surface area contributed by atoms with Crippen LogP contribution in [0.5, 0.6) is 5.75 Å². The van der Waals surface area contributed by atoms with Crippen molar-refractivity contribution in [2.24, 2.45) is 0 Å². The molecule has 0 aliphatic heterocycles. The first-order chi connectivity index (χ1) is 9.26. The summed E-state index contributed by atoms with van der Waals surface area (Å²) in [6, 6.07) is 8.21. The van der Waals surface area contributed by atoms with E-state index in [0.29, 0.717) is 0 Å². The molecule has 0 spiro atoms. The Hall–Kier alpha value is -1.55. The minimum absolute atomic E-state index is 0.736. The molecule has 0 saturated heterocycles. The molecule has 1 aromatic carbocycles. The molecule has 100 valence electrons. The number of rotatable bonds is 5. The van der Waals surface area contributed by atoms with Gasteiger partial charge in [0.1, 0.15) is 5.75 Å². The fourth-order valence-corrected chi connectivity index (χ4v) is 2.96. The van der Waals surface area contributed by atoms with Crippen molar-refractivity contribution in [3.05, 3.63) is 40.9 Å². The van der Waals surface area contributed by atoms with Gasteiger partial charge in [-0.05, 0) is 30.5 Å². The SMILES string of the molecule is COc1ccc(CN(C)c2nc(C3CC3)cs2)cc1. The molecule has 0 bridgehead atoms. The average Bonchev–Trinajstić information content (AvgIpc) is 3.17. The Kier molecular flexibility index (Phi) is 3.42. The van der Waals surface area contributed by atoms with Crippen molar-refractivity contribution in [1.82, 2.24) is 4.98 Å². The van der Waals surface area contributed by atoms with Crippen LogP contribution < -0.4 is 9.64 Å². The van der Waals surface area contributed by atoms with E-state index in [2.05, 4.69) is 29.5 Å². The third kappa shape index (κ3) is 2.89. The van der Waals surface area contributed by atoms with Crippen LogP contribution in [0.15, 0.2) is 29.6 Å². The molecule has 1 fully saturated rings. The number of hydrogen-bond donors (Lipinski definition) is 0. The number of anilines is 1. The normalized spacial score (nSPS) is 14.4. The lowest BCUT2D eigenvalue weighted by Gasteiger charge is -2.15. The van der Waals surface area contributed by atoms with Gasteiger partial charge in [-0.15, -0.1) is 11.3 Å². The maximum Gasteiger partial charge on any atom is 0.185 e. The molecule has 1 aromatic heterocycles. The highest BCUT2D eigenvalue weighted by Gasteiger charge is 2.26. The molecule has 1 aliphatic carbocycles. The Labute approximate surface area is 117 Å².